The summed E-state index contributed by atoms with van der Waals surface area (Å²) in [6, 6.07) is 12.1. The predicted molar refractivity (Wildman–Crippen MR) is 106 cm³/mol. The summed E-state index contributed by atoms with van der Waals surface area (Å²) in [5.74, 6) is 0.0236. The molecule has 1 heterocycles. The van der Waals surface area contributed by atoms with Gasteiger partial charge in [-0.15, -0.1) is 5.10 Å². The van der Waals surface area contributed by atoms with Crippen LogP contribution >= 0.6 is 23.4 Å². The Morgan fingerprint density at radius 3 is 2.63 bits per heavy atom. The van der Waals surface area contributed by atoms with Gasteiger partial charge in [0.1, 0.15) is 10.6 Å². The molecule has 1 amide bonds. The average molecular weight is 424 g/mol. The fourth-order valence-electron chi connectivity index (χ4n) is 2.08. The van der Waals surface area contributed by atoms with Gasteiger partial charge in [-0.25, -0.2) is 0 Å². The molecule has 0 radical (unpaired) electrons. The second-order valence-electron chi connectivity index (χ2n) is 5.46. The molecule has 1 fully saturated rings. The molecule has 0 saturated carbocycles. The van der Waals surface area contributed by atoms with Gasteiger partial charge in [0, 0.05) is 5.02 Å². The van der Waals surface area contributed by atoms with Crippen LogP contribution < -0.4 is 9.50 Å². The summed E-state index contributed by atoms with van der Waals surface area (Å²) in [4.78, 5) is 11.4. The molecule has 3 rings (SSSR count). The highest BCUT2D eigenvalue weighted by Gasteiger charge is 2.25. The number of carbonyl (C=O) groups is 1. The van der Waals surface area contributed by atoms with Gasteiger partial charge in [0.05, 0.1) is 11.5 Å². The zero-order valence-corrected chi connectivity index (χ0v) is 16.4. The number of nitrogens with zero attached hydrogens (tertiary/aromatic N) is 2. The van der Waals surface area contributed by atoms with Crippen molar-refractivity contribution in [3.63, 3.8) is 0 Å². The highest BCUT2D eigenvalue weighted by Crippen LogP contribution is 2.21. The minimum Gasteiger partial charge on any atom is -0.379 e. The largest absolute Gasteiger partial charge is 0.379 e. The molecule has 1 N–H and O–H groups in total. The molecule has 1 saturated heterocycles. The first kappa shape index (κ1) is 19.4. The standard InChI is InChI=1S/C17H14ClN3O4S2/c1-11-16(22)20-17(26-11)21-19-10-12-3-2-4-14(9-12)25-27(23,24)15-7-5-13(18)6-8-15/h2-11H,1H3,(H,20,21,22). The quantitative estimate of drug-likeness (QED) is 0.453. The summed E-state index contributed by atoms with van der Waals surface area (Å²) in [6.07, 6.45) is 1.43. The van der Waals surface area contributed by atoms with Crippen LogP contribution in [0.2, 0.25) is 5.02 Å². The van der Waals surface area contributed by atoms with Gasteiger partial charge in [0.25, 0.3) is 0 Å². The van der Waals surface area contributed by atoms with Gasteiger partial charge < -0.3 is 9.50 Å². The van der Waals surface area contributed by atoms with E-state index in [1.165, 1.54) is 54.4 Å². The zero-order valence-electron chi connectivity index (χ0n) is 14.0. The van der Waals surface area contributed by atoms with Gasteiger partial charge in [-0.3, -0.25) is 4.79 Å². The van der Waals surface area contributed by atoms with Crippen molar-refractivity contribution >= 4 is 50.8 Å². The van der Waals surface area contributed by atoms with E-state index in [0.29, 0.717) is 15.8 Å². The summed E-state index contributed by atoms with van der Waals surface area (Å²) in [5.41, 5.74) is 0.588. The van der Waals surface area contributed by atoms with Crippen LogP contribution in [-0.4, -0.2) is 31.0 Å². The number of hydrogen-bond donors (Lipinski definition) is 1. The van der Waals surface area contributed by atoms with Crippen molar-refractivity contribution in [1.82, 2.24) is 5.32 Å². The second kappa shape index (κ2) is 8.12. The maximum atomic E-state index is 12.3. The van der Waals surface area contributed by atoms with Gasteiger partial charge >= 0.3 is 10.1 Å². The summed E-state index contributed by atoms with van der Waals surface area (Å²) < 4.78 is 29.8. The van der Waals surface area contributed by atoms with Crippen molar-refractivity contribution in [2.45, 2.75) is 17.1 Å². The molecule has 10 heteroatoms. The molecular formula is C17H14ClN3O4S2. The van der Waals surface area contributed by atoms with E-state index < -0.39 is 10.1 Å². The first-order valence-corrected chi connectivity index (χ1v) is 10.4. The lowest BCUT2D eigenvalue weighted by Crippen LogP contribution is -2.23. The first-order chi connectivity index (χ1) is 12.8. The Hall–Kier alpha value is -2.36. The number of amides is 1. The summed E-state index contributed by atoms with van der Waals surface area (Å²) in [5, 5.41) is 11.1. The van der Waals surface area contributed by atoms with E-state index in [1.807, 2.05) is 0 Å². The molecule has 7 nitrogen and oxygen atoms in total. The van der Waals surface area contributed by atoms with Crippen LogP contribution in [0.3, 0.4) is 0 Å². The SMILES string of the molecule is CC1S/C(=N/N=Cc2cccc(OS(=O)(=O)c3ccc(Cl)cc3)c2)NC1=O. The number of halogens is 1. The van der Waals surface area contributed by atoms with Crippen molar-refractivity contribution in [3.05, 3.63) is 59.1 Å². The molecule has 2 aromatic carbocycles. The van der Waals surface area contributed by atoms with Crippen LogP contribution in [0, 0.1) is 0 Å². The molecule has 140 valence electrons. The Balaban J connectivity index is 1.72. The van der Waals surface area contributed by atoms with Crippen LogP contribution in [0.15, 0.2) is 63.6 Å². The average Bonchev–Trinajstić information content (AvgIpc) is 2.93. The fourth-order valence-corrected chi connectivity index (χ4v) is 3.88. The number of carbonyl (C=O) groups excluding carboxylic acids is 1. The van der Waals surface area contributed by atoms with E-state index in [4.69, 9.17) is 15.8 Å². The number of thioether (sulfide) groups is 1. The third-order valence-electron chi connectivity index (χ3n) is 3.41. The van der Waals surface area contributed by atoms with E-state index in [1.54, 1.807) is 19.1 Å². The molecule has 1 atom stereocenters. The molecule has 0 spiro atoms. The lowest BCUT2D eigenvalue weighted by Gasteiger charge is -2.07. The minimum absolute atomic E-state index is 0.000453. The van der Waals surface area contributed by atoms with Crippen LogP contribution in [0.5, 0.6) is 5.75 Å². The smallest absolute Gasteiger partial charge is 0.339 e. The van der Waals surface area contributed by atoms with Gasteiger partial charge in [-0.05, 0) is 48.9 Å². The highest BCUT2D eigenvalue weighted by atomic mass is 35.5. The molecule has 27 heavy (non-hydrogen) atoms. The molecule has 1 aliphatic heterocycles. The monoisotopic (exact) mass is 423 g/mol. The summed E-state index contributed by atoms with van der Waals surface area (Å²) >= 11 is 7.05. The third kappa shape index (κ3) is 5.09. The van der Waals surface area contributed by atoms with Crippen LogP contribution in [0.25, 0.3) is 0 Å². The van der Waals surface area contributed by atoms with Gasteiger partial charge in [0.2, 0.25) is 5.91 Å². The number of benzene rings is 2. The van der Waals surface area contributed by atoms with E-state index >= 15 is 0 Å². The topological polar surface area (TPSA) is 97.2 Å². The third-order valence-corrected chi connectivity index (χ3v) is 5.90. The predicted octanol–water partition coefficient (Wildman–Crippen LogP) is 3.05. The van der Waals surface area contributed by atoms with Crippen LogP contribution in [-0.2, 0) is 14.9 Å². The summed E-state index contributed by atoms with van der Waals surface area (Å²) in [7, 11) is -3.97. The Kier molecular flexibility index (Phi) is 5.83. The van der Waals surface area contributed by atoms with Gasteiger partial charge in [0.15, 0.2) is 5.17 Å². The number of rotatable bonds is 5. The zero-order chi connectivity index (χ0) is 19.4. The lowest BCUT2D eigenvalue weighted by atomic mass is 10.2. The van der Waals surface area contributed by atoms with Crippen molar-refractivity contribution in [1.29, 1.82) is 0 Å². The van der Waals surface area contributed by atoms with E-state index in [-0.39, 0.29) is 21.8 Å². The molecule has 1 aliphatic rings. The van der Waals surface area contributed by atoms with E-state index in [9.17, 15) is 13.2 Å². The van der Waals surface area contributed by atoms with Gasteiger partial charge in [-0.2, -0.15) is 13.5 Å². The minimum atomic E-state index is -3.97. The molecule has 1 unspecified atom stereocenters. The molecule has 2 aromatic rings. The number of amidine groups is 1. The van der Waals surface area contributed by atoms with E-state index in [0.717, 1.165) is 0 Å². The lowest BCUT2D eigenvalue weighted by molar-refractivity contribution is -0.118. The maximum absolute atomic E-state index is 12.3. The Bertz CT molecular complexity index is 1020. The molecule has 0 bridgehead atoms. The Morgan fingerprint density at radius 1 is 1.22 bits per heavy atom. The normalized spacial score (nSPS) is 18.8. The second-order valence-corrected chi connectivity index (χ2v) is 8.78. The first-order valence-electron chi connectivity index (χ1n) is 7.72. The Morgan fingerprint density at radius 2 is 1.96 bits per heavy atom. The fraction of sp³-hybridized carbons (Fsp3) is 0.118. The number of hydrogen-bond acceptors (Lipinski definition) is 7. The summed E-state index contributed by atoms with van der Waals surface area (Å²) in [6.45, 7) is 1.77. The van der Waals surface area contributed by atoms with Crippen LogP contribution in [0.1, 0.15) is 12.5 Å². The van der Waals surface area contributed by atoms with Crippen molar-refractivity contribution in [2.24, 2.45) is 10.2 Å². The van der Waals surface area contributed by atoms with Crippen molar-refractivity contribution < 1.29 is 17.4 Å². The van der Waals surface area contributed by atoms with Gasteiger partial charge in [-0.1, -0.05) is 35.5 Å². The maximum Gasteiger partial charge on any atom is 0.339 e. The molecular weight excluding hydrogens is 410 g/mol. The number of nitrogens with one attached hydrogen (secondary N) is 1. The molecule has 0 aliphatic carbocycles. The highest BCUT2D eigenvalue weighted by molar-refractivity contribution is 8.15. The van der Waals surface area contributed by atoms with Crippen LogP contribution in [0.4, 0.5) is 0 Å². The Labute approximate surface area is 165 Å². The molecule has 0 aromatic heterocycles. The van der Waals surface area contributed by atoms with E-state index in [2.05, 4.69) is 15.5 Å². The van der Waals surface area contributed by atoms with Crippen molar-refractivity contribution in [3.8, 4) is 5.75 Å². The van der Waals surface area contributed by atoms with Crippen molar-refractivity contribution in [2.75, 3.05) is 0 Å².